The van der Waals surface area contributed by atoms with Crippen LogP contribution in [0.1, 0.15) is 168 Å². The Labute approximate surface area is 411 Å². The first kappa shape index (κ1) is 62.0. The molecule has 5 N–H and O–H groups in total. The number of carboxylic acid groups (broad SMARTS) is 4. The Kier molecular flexibility index (Phi) is 18.2. The lowest BCUT2D eigenvalue weighted by atomic mass is 9.79. The van der Waals surface area contributed by atoms with Crippen LogP contribution in [0, 0.1) is 0 Å². The zero-order valence-corrected chi connectivity index (χ0v) is 43.2. The minimum Gasteiger partial charge on any atom is -0.550 e. The van der Waals surface area contributed by atoms with Gasteiger partial charge in [-0.15, -0.1) is 0 Å². The molecule has 71 heavy (non-hydrogen) atoms. The summed E-state index contributed by atoms with van der Waals surface area (Å²) in [6, 6.07) is 0. The fourth-order valence-electron chi connectivity index (χ4n) is 10.5. The number of hydrogen-bond acceptors (Lipinski definition) is 22. The Morgan fingerprint density at radius 1 is 0.479 bits per heavy atom. The number of carboxylic acids is 4. The number of aliphatic hydroxyl groups is 1. The lowest BCUT2D eigenvalue weighted by Crippen LogP contribution is -2.77. The van der Waals surface area contributed by atoms with E-state index >= 15 is 0 Å². The van der Waals surface area contributed by atoms with E-state index in [2.05, 4.69) is 0 Å². The molecule has 3 rings (SSSR count). The van der Waals surface area contributed by atoms with Crippen molar-refractivity contribution in [3.05, 3.63) is 0 Å². The van der Waals surface area contributed by atoms with Crippen LogP contribution in [-0.4, -0.2) is 157 Å². The van der Waals surface area contributed by atoms with Crippen molar-refractivity contribution >= 4 is 53.7 Å². The normalized spacial score (nSPS) is 30.4. The molecule has 1 unspecified atom stereocenters. The molecule has 406 valence electrons. The van der Waals surface area contributed by atoms with Gasteiger partial charge in [-0.3, -0.25) is 19.2 Å². The summed E-state index contributed by atoms with van der Waals surface area (Å²) in [5, 5.41) is 89.4. The van der Waals surface area contributed by atoms with Gasteiger partial charge in [0.05, 0.1) is 31.2 Å². The highest BCUT2D eigenvalue weighted by Crippen LogP contribution is 2.49. The molecule has 0 aromatic carbocycles. The Morgan fingerprint density at radius 2 is 0.746 bits per heavy atom. The predicted molar refractivity (Wildman–Crippen MR) is 227 cm³/mol. The van der Waals surface area contributed by atoms with Gasteiger partial charge in [0.2, 0.25) is 0 Å². The van der Waals surface area contributed by atoms with Crippen LogP contribution >= 0.6 is 0 Å². The first-order chi connectivity index (χ1) is 31.6. The fraction of sp³-hybridized carbons (Fsp3) is 0.800. The maximum Gasteiger partial charge on any atom is 0.374 e. The topological polar surface area (TPSA) is 379 Å². The van der Waals surface area contributed by atoms with Crippen LogP contribution < -0.4 is 15.3 Å². The summed E-state index contributed by atoms with van der Waals surface area (Å²) >= 11 is 0. The van der Waals surface area contributed by atoms with Gasteiger partial charge in [-0.1, -0.05) is 0 Å². The molecule has 3 aliphatic heterocycles. The van der Waals surface area contributed by atoms with Crippen molar-refractivity contribution in [3.8, 4) is 0 Å². The number of esters is 3. The van der Waals surface area contributed by atoms with Crippen molar-refractivity contribution in [2.75, 3.05) is 0 Å². The maximum absolute atomic E-state index is 13.1. The average molecular weight is 1020 g/mol. The fourth-order valence-corrected chi connectivity index (χ4v) is 10.5. The van der Waals surface area contributed by atoms with Crippen molar-refractivity contribution in [1.29, 1.82) is 0 Å². The number of rotatable bonds is 17. The van der Waals surface area contributed by atoms with E-state index in [-0.39, 0.29) is 38.5 Å². The molecular formula is C45H73N3O23. The monoisotopic (exact) mass is 1020 g/mol. The molecule has 26 nitrogen and oxygen atoms in total. The summed E-state index contributed by atoms with van der Waals surface area (Å²) in [5.41, 5.74) is -13.7. The van der Waals surface area contributed by atoms with Crippen LogP contribution in [-0.2, 0) is 71.9 Å². The highest BCUT2D eigenvalue weighted by Gasteiger charge is 2.68. The van der Waals surface area contributed by atoms with Crippen molar-refractivity contribution < 1.29 is 127 Å². The third-order valence-corrected chi connectivity index (χ3v) is 13.6. The van der Waals surface area contributed by atoms with Gasteiger partial charge in [0, 0.05) is 81.3 Å². The first-order valence-electron chi connectivity index (χ1n) is 22.7. The number of carbonyl (C=O) groups excluding carboxylic acids is 8. The van der Waals surface area contributed by atoms with Gasteiger partial charge in [-0.05, 0) is 87.9 Å². The summed E-state index contributed by atoms with van der Waals surface area (Å²) in [5.74, 6) is -12.2. The van der Waals surface area contributed by atoms with Crippen LogP contribution in [0.4, 0.5) is 0 Å². The maximum atomic E-state index is 13.1. The van der Waals surface area contributed by atoms with Crippen LogP contribution in [0.15, 0.2) is 0 Å². The number of ether oxygens (including phenoxy) is 3. The number of carbonyl (C=O) groups is 9. The zero-order chi connectivity index (χ0) is 55.7. The molecule has 3 heterocycles. The summed E-state index contributed by atoms with van der Waals surface area (Å²) in [6.45, 7) is 22.1. The van der Waals surface area contributed by atoms with E-state index in [1.807, 2.05) is 0 Å². The van der Waals surface area contributed by atoms with Crippen LogP contribution in [0.25, 0.3) is 0 Å². The van der Waals surface area contributed by atoms with Gasteiger partial charge < -0.3 is 54.1 Å². The van der Waals surface area contributed by atoms with E-state index in [1.54, 1.807) is 55.4 Å². The summed E-state index contributed by atoms with van der Waals surface area (Å²) in [4.78, 5) is 119. The smallest absolute Gasteiger partial charge is 0.374 e. The van der Waals surface area contributed by atoms with E-state index in [1.165, 1.54) is 48.5 Å². The second-order valence-electron chi connectivity index (χ2n) is 22.6. The molecule has 0 aromatic heterocycles. The van der Waals surface area contributed by atoms with Crippen molar-refractivity contribution in [3.63, 3.8) is 0 Å². The Hall–Kier alpha value is -5.09. The van der Waals surface area contributed by atoms with E-state index in [0.29, 0.717) is 0 Å². The lowest BCUT2D eigenvalue weighted by molar-refractivity contribution is -1.31. The molecule has 0 saturated carbocycles. The van der Waals surface area contributed by atoms with Gasteiger partial charge in [0.1, 0.15) is 23.9 Å². The molecule has 3 aliphatic rings. The molecule has 0 aromatic rings. The van der Waals surface area contributed by atoms with E-state index in [0.717, 1.165) is 0 Å². The quantitative estimate of drug-likeness (QED) is 0.0706. The van der Waals surface area contributed by atoms with E-state index in [4.69, 9.17) is 33.8 Å². The molecule has 3 saturated heterocycles. The van der Waals surface area contributed by atoms with Crippen LogP contribution in [0.2, 0.25) is 0 Å². The number of nitrogens with zero attached hydrogens (tertiary/aromatic N) is 3. The second-order valence-corrected chi connectivity index (χ2v) is 22.6. The summed E-state index contributed by atoms with van der Waals surface area (Å²) in [6.07, 6.45) is -6.67. The van der Waals surface area contributed by atoms with E-state index < -0.39 is 157 Å². The molecular weight excluding hydrogens is 950 g/mol. The van der Waals surface area contributed by atoms with Crippen LogP contribution in [0.5, 0.6) is 0 Å². The highest BCUT2D eigenvalue weighted by atomic mass is 17.0. The largest absolute Gasteiger partial charge is 0.550 e. The lowest BCUT2D eigenvalue weighted by Gasteiger charge is -2.56. The van der Waals surface area contributed by atoms with Gasteiger partial charge in [0.25, 0.3) is 0 Å². The first-order valence-corrected chi connectivity index (χ1v) is 22.7. The SMILES string of the molecule is CC(=O)OC1CC(C)(C)[N+](O)(OC(=O)CC(O)(CC(=O)O[N+]2(O)C(C)(C)CC(OC(C)=O)CC2(C)C)C(=O)[O-])C(C)(C)C1.CC(=O)OC1CC(C)(C)[N+](O)(OC(CC(=O)[O-])(CC(=O)O)C(=O)[O-])C(C)(C)C1. The molecule has 3 fully saturated rings. The minimum absolute atomic E-state index is 0.0357. The minimum atomic E-state index is -3.14. The van der Waals surface area contributed by atoms with Gasteiger partial charge in [-0.2, -0.15) is 20.5 Å². The summed E-state index contributed by atoms with van der Waals surface area (Å²) in [7, 11) is 0. The third-order valence-electron chi connectivity index (χ3n) is 13.6. The number of piperidine rings is 3. The standard InChI is InChI=1S/C28H47N2O13.C17H27NO10/c1-17(31)40-19-11-24(3,4)29(38,25(5,6)12-19)42-21(33)15-28(37,23(35)36)16-22(34)43-30(39)26(7,8)13-20(41-18(2)32)14-27(30,9)10;1-10(19)27-11-6-15(2,3)18(26,16(4,5)7-11)28-17(14(24)25,8-12(20)21)9-13(22)23/h19-20,37-39H,11-16H2,1-10H3;11,26H,6-9H2,1-5H3,(H2-,20,21,22,23,24,25)/q+1;/p-1. The van der Waals surface area contributed by atoms with Crippen molar-refractivity contribution in [1.82, 2.24) is 0 Å². The van der Waals surface area contributed by atoms with Crippen molar-refractivity contribution in [2.45, 2.75) is 231 Å². The van der Waals surface area contributed by atoms with Crippen LogP contribution in [0.3, 0.4) is 0 Å². The Morgan fingerprint density at radius 3 is 0.958 bits per heavy atom. The van der Waals surface area contributed by atoms with E-state index in [9.17, 15) is 79.2 Å². The highest BCUT2D eigenvalue weighted by molar-refractivity contribution is 5.88. The van der Waals surface area contributed by atoms with Crippen molar-refractivity contribution in [2.24, 2.45) is 0 Å². The molecule has 0 bridgehead atoms. The molecule has 1 atom stereocenters. The van der Waals surface area contributed by atoms with Gasteiger partial charge in [0.15, 0.2) is 38.8 Å². The molecule has 0 radical (unpaired) electrons. The average Bonchev–Trinajstić information content (AvgIpc) is 3.10. The third kappa shape index (κ3) is 13.3. The molecule has 26 heteroatoms. The molecule has 0 amide bonds. The van der Waals surface area contributed by atoms with Gasteiger partial charge >= 0.3 is 35.8 Å². The number of aliphatic carboxylic acids is 4. The Bertz CT molecular complexity index is 1940. The predicted octanol–water partition coefficient (Wildman–Crippen LogP) is -0.348. The number of hydroxylamine groups is 12. The summed E-state index contributed by atoms with van der Waals surface area (Å²) < 4.78 is 15.9. The molecule has 0 spiro atoms. The molecule has 0 aliphatic carbocycles. The number of quaternary nitrogens is 3. The number of hydrogen-bond donors (Lipinski definition) is 5. The van der Waals surface area contributed by atoms with Gasteiger partial charge in [-0.25, -0.2) is 19.3 Å². The Balaban J connectivity index is 0.000000533. The second kappa shape index (κ2) is 20.8. The zero-order valence-electron chi connectivity index (χ0n) is 43.2.